The Morgan fingerprint density at radius 3 is 3.08 bits per heavy atom. The second kappa shape index (κ2) is 6.10. The topological polar surface area (TPSA) is 87.7 Å². The summed E-state index contributed by atoms with van der Waals surface area (Å²) in [5.74, 6) is 1.06. The molecule has 2 aliphatic rings. The number of aliphatic hydroxyl groups is 1. The molecule has 0 saturated carbocycles. The lowest BCUT2D eigenvalue weighted by atomic mass is 10.0. The van der Waals surface area contributed by atoms with Crippen molar-refractivity contribution in [2.75, 3.05) is 26.3 Å². The molecule has 2 aromatic rings. The Morgan fingerprint density at radius 1 is 1.46 bits per heavy atom. The van der Waals surface area contributed by atoms with Gasteiger partial charge in [-0.2, -0.15) is 5.10 Å². The molecule has 0 bridgehead atoms. The molecule has 0 aliphatic carbocycles. The lowest BCUT2D eigenvalue weighted by Crippen LogP contribution is -2.29. The van der Waals surface area contributed by atoms with Crippen LogP contribution in [-0.2, 0) is 6.42 Å². The van der Waals surface area contributed by atoms with Crippen molar-refractivity contribution >= 4 is 17.2 Å². The van der Waals surface area contributed by atoms with E-state index < -0.39 is 6.10 Å². The highest BCUT2D eigenvalue weighted by Crippen LogP contribution is 2.40. The molecule has 0 aromatic carbocycles. The number of aryl methyl sites for hydroxylation is 1. The minimum absolute atomic E-state index is 0.00962. The van der Waals surface area contributed by atoms with Gasteiger partial charge >= 0.3 is 0 Å². The van der Waals surface area contributed by atoms with E-state index in [1.807, 2.05) is 13.0 Å². The number of rotatable bonds is 3. The van der Waals surface area contributed by atoms with Crippen molar-refractivity contribution in [3.8, 4) is 11.5 Å². The standard InChI is InChI=1S/C16H19N3O4S/c1-9-4-11(18-17-9)5-10-6-19(7-12(10)20)16(21)15-14-13(8-24-15)22-2-3-23-14/h4,8,10,12,20H,2-3,5-7H2,1H3,(H,17,18)/t10-,12-/m1/s1. The number of thiophene rings is 1. The Bertz CT molecular complexity index is 756. The third kappa shape index (κ3) is 2.76. The van der Waals surface area contributed by atoms with Crippen LogP contribution >= 0.6 is 11.3 Å². The summed E-state index contributed by atoms with van der Waals surface area (Å²) < 4.78 is 11.1. The van der Waals surface area contributed by atoms with Gasteiger partial charge in [-0.1, -0.05) is 0 Å². The van der Waals surface area contributed by atoms with Crippen LogP contribution in [0.1, 0.15) is 21.1 Å². The van der Waals surface area contributed by atoms with Crippen LogP contribution in [0.25, 0.3) is 0 Å². The molecule has 24 heavy (non-hydrogen) atoms. The van der Waals surface area contributed by atoms with E-state index in [1.165, 1.54) is 11.3 Å². The number of ether oxygens (including phenoxy) is 2. The van der Waals surface area contributed by atoms with Crippen LogP contribution in [0.2, 0.25) is 0 Å². The van der Waals surface area contributed by atoms with Gasteiger partial charge in [0, 0.05) is 30.1 Å². The number of amides is 1. The van der Waals surface area contributed by atoms with Gasteiger partial charge in [0.1, 0.15) is 18.1 Å². The molecule has 0 radical (unpaired) electrons. The molecule has 2 atom stereocenters. The van der Waals surface area contributed by atoms with Crippen LogP contribution in [0.4, 0.5) is 0 Å². The quantitative estimate of drug-likeness (QED) is 0.870. The third-order valence-corrected chi connectivity index (χ3v) is 5.35. The molecule has 1 fully saturated rings. The molecular formula is C16H19N3O4S. The Kier molecular flexibility index (Phi) is 3.93. The van der Waals surface area contributed by atoms with Gasteiger partial charge < -0.3 is 19.5 Å². The van der Waals surface area contributed by atoms with Crippen LogP contribution in [0.5, 0.6) is 11.5 Å². The Balaban J connectivity index is 1.47. The normalized spacial score (nSPS) is 22.8. The number of aliphatic hydroxyl groups excluding tert-OH is 1. The smallest absolute Gasteiger partial charge is 0.268 e. The molecule has 128 valence electrons. The number of fused-ring (bicyclic) bond motifs is 1. The van der Waals surface area contributed by atoms with Crippen LogP contribution in [0.15, 0.2) is 11.4 Å². The highest BCUT2D eigenvalue weighted by atomic mass is 32.1. The van der Waals surface area contributed by atoms with Crippen molar-refractivity contribution in [3.63, 3.8) is 0 Å². The first-order valence-electron chi connectivity index (χ1n) is 7.97. The molecule has 7 nitrogen and oxygen atoms in total. The second-order valence-electron chi connectivity index (χ2n) is 6.24. The molecular weight excluding hydrogens is 330 g/mol. The van der Waals surface area contributed by atoms with Gasteiger partial charge in [-0.25, -0.2) is 0 Å². The summed E-state index contributed by atoms with van der Waals surface area (Å²) in [4.78, 5) is 15.0. The van der Waals surface area contributed by atoms with Crippen LogP contribution in [0.3, 0.4) is 0 Å². The predicted molar refractivity (Wildman–Crippen MR) is 87.7 cm³/mol. The number of hydrogen-bond acceptors (Lipinski definition) is 6. The summed E-state index contributed by atoms with van der Waals surface area (Å²) in [6.45, 7) is 3.75. The minimum Gasteiger partial charge on any atom is -0.485 e. The summed E-state index contributed by atoms with van der Waals surface area (Å²) >= 11 is 1.33. The molecule has 2 aromatic heterocycles. The summed E-state index contributed by atoms with van der Waals surface area (Å²) in [5.41, 5.74) is 1.91. The van der Waals surface area contributed by atoms with E-state index in [0.29, 0.717) is 49.1 Å². The summed E-state index contributed by atoms with van der Waals surface area (Å²) in [6, 6.07) is 1.97. The zero-order chi connectivity index (χ0) is 16.7. The highest BCUT2D eigenvalue weighted by Gasteiger charge is 2.37. The predicted octanol–water partition coefficient (Wildman–Crippen LogP) is 1.23. The van der Waals surface area contributed by atoms with E-state index in [0.717, 1.165) is 11.4 Å². The maximum atomic E-state index is 12.8. The molecule has 2 N–H and O–H groups in total. The molecule has 1 saturated heterocycles. The van der Waals surface area contributed by atoms with Crippen molar-refractivity contribution in [1.29, 1.82) is 0 Å². The average Bonchev–Trinajstić information content (AvgIpc) is 3.27. The largest absolute Gasteiger partial charge is 0.485 e. The van der Waals surface area contributed by atoms with Crippen molar-refractivity contribution in [1.82, 2.24) is 15.1 Å². The minimum atomic E-state index is -0.543. The fourth-order valence-corrected chi connectivity index (χ4v) is 4.12. The Morgan fingerprint density at radius 2 is 2.29 bits per heavy atom. The molecule has 1 amide bonds. The van der Waals surface area contributed by atoms with Crippen molar-refractivity contribution < 1.29 is 19.4 Å². The first-order valence-corrected chi connectivity index (χ1v) is 8.85. The molecule has 4 heterocycles. The number of nitrogens with one attached hydrogen (secondary N) is 1. The zero-order valence-corrected chi connectivity index (χ0v) is 14.1. The van der Waals surface area contributed by atoms with Gasteiger partial charge in [-0.3, -0.25) is 9.89 Å². The van der Waals surface area contributed by atoms with E-state index in [1.54, 1.807) is 10.3 Å². The number of hydrogen-bond donors (Lipinski definition) is 2. The molecule has 2 aliphatic heterocycles. The number of aromatic amines is 1. The lowest BCUT2D eigenvalue weighted by molar-refractivity contribution is 0.0760. The summed E-state index contributed by atoms with van der Waals surface area (Å²) in [5, 5.41) is 19.3. The number of H-pyrrole nitrogens is 1. The van der Waals surface area contributed by atoms with Gasteiger partial charge in [-0.15, -0.1) is 11.3 Å². The maximum Gasteiger partial charge on any atom is 0.268 e. The Hall–Kier alpha value is -2.06. The Labute approximate surface area is 143 Å². The van der Waals surface area contributed by atoms with Gasteiger partial charge in [0.15, 0.2) is 11.5 Å². The van der Waals surface area contributed by atoms with Crippen molar-refractivity contribution in [3.05, 3.63) is 27.7 Å². The fraction of sp³-hybridized carbons (Fsp3) is 0.500. The first-order chi connectivity index (χ1) is 11.6. The van der Waals surface area contributed by atoms with E-state index in [-0.39, 0.29) is 11.8 Å². The van der Waals surface area contributed by atoms with Crippen molar-refractivity contribution in [2.45, 2.75) is 19.4 Å². The van der Waals surface area contributed by atoms with Crippen LogP contribution < -0.4 is 9.47 Å². The van der Waals surface area contributed by atoms with Crippen LogP contribution in [-0.4, -0.2) is 58.5 Å². The molecule has 0 unspecified atom stereocenters. The van der Waals surface area contributed by atoms with Gasteiger partial charge in [0.05, 0.1) is 11.8 Å². The number of β-amino-alcohol motifs (C(OH)–C–C–N with tert-alkyl or cyclic N) is 1. The SMILES string of the molecule is Cc1cc(C[C@@H]2CN(C(=O)c3scc4c3OCCO4)C[C@H]2O)n[nH]1. The molecule has 0 spiro atoms. The monoisotopic (exact) mass is 349 g/mol. The van der Waals surface area contributed by atoms with E-state index in [4.69, 9.17) is 9.47 Å². The maximum absolute atomic E-state index is 12.8. The summed E-state index contributed by atoms with van der Waals surface area (Å²) in [7, 11) is 0. The summed E-state index contributed by atoms with van der Waals surface area (Å²) in [6.07, 6.45) is 0.108. The first kappa shape index (κ1) is 15.5. The van der Waals surface area contributed by atoms with E-state index in [9.17, 15) is 9.90 Å². The number of carbonyl (C=O) groups is 1. The van der Waals surface area contributed by atoms with Gasteiger partial charge in [0.25, 0.3) is 5.91 Å². The second-order valence-corrected chi connectivity index (χ2v) is 7.12. The fourth-order valence-electron chi connectivity index (χ4n) is 3.22. The average molecular weight is 349 g/mol. The molecule has 4 rings (SSSR count). The number of aromatic nitrogens is 2. The number of likely N-dealkylation sites (tertiary alicyclic amines) is 1. The van der Waals surface area contributed by atoms with Gasteiger partial charge in [-0.05, 0) is 19.4 Å². The molecule has 8 heteroatoms. The van der Waals surface area contributed by atoms with Crippen LogP contribution in [0, 0.1) is 12.8 Å². The number of carbonyl (C=O) groups excluding carboxylic acids is 1. The van der Waals surface area contributed by atoms with E-state index in [2.05, 4.69) is 10.2 Å². The third-order valence-electron chi connectivity index (χ3n) is 4.42. The lowest BCUT2D eigenvalue weighted by Gasteiger charge is -2.19. The highest BCUT2D eigenvalue weighted by molar-refractivity contribution is 7.12. The number of nitrogens with zero attached hydrogens (tertiary/aromatic N) is 2. The van der Waals surface area contributed by atoms with Gasteiger partial charge in [0.2, 0.25) is 0 Å². The van der Waals surface area contributed by atoms with Crippen molar-refractivity contribution in [2.24, 2.45) is 5.92 Å². The van der Waals surface area contributed by atoms with E-state index >= 15 is 0 Å². The zero-order valence-electron chi connectivity index (χ0n) is 13.3.